The second-order valence-electron chi connectivity index (χ2n) is 18.9. The summed E-state index contributed by atoms with van der Waals surface area (Å²) in [6.07, 6.45) is 14.5. The molecule has 0 spiro atoms. The van der Waals surface area contributed by atoms with E-state index in [-0.39, 0.29) is 35.6 Å². The van der Waals surface area contributed by atoms with E-state index in [0.717, 1.165) is 106 Å². The summed E-state index contributed by atoms with van der Waals surface area (Å²) < 4.78 is 19.7. The van der Waals surface area contributed by atoms with Crippen molar-refractivity contribution in [1.29, 1.82) is 0 Å². The van der Waals surface area contributed by atoms with E-state index in [1.54, 1.807) is 43.0 Å². The molecule has 2 unspecified atom stereocenters. The van der Waals surface area contributed by atoms with Crippen molar-refractivity contribution in [1.82, 2.24) is 30.0 Å². The van der Waals surface area contributed by atoms with Crippen molar-refractivity contribution in [2.45, 2.75) is 95.6 Å². The summed E-state index contributed by atoms with van der Waals surface area (Å²) in [7, 11) is 2.21. The lowest BCUT2D eigenvalue weighted by molar-refractivity contribution is -0.136. The minimum atomic E-state index is -1.21. The van der Waals surface area contributed by atoms with E-state index in [0.29, 0.717) is 40.7 Å². The first-order valence-electron chi connectivity index (χ1n) is 25.1. The second-order valence-corrected chi connectivity index (χ2v) is 20.7. The maximum Gasteiger partial charge on any atom is 0.264 e. The lowest BCUT2D eigenvalue weighted by Crippen LogP contribution is -2.54. The smallest absolute Gasteiger partial charge is 0.264 e. The molecule has 20 heteroatoms. The number of carbonyl (C=O) groups excluding carboxylic acids is 5. The van der Waals surface area contributed by atoms with Gasteiger partial charge in [-0.25, -0.2) is 9.19 Å². The first-order valence-corrected chi connectivity index (χ1v) is 27.0. The normalized spacial score (nSPS) is 18.2. The van der Waals surface area contributed by atoms with Crippen LogP contribution in [0.2, 0.25) is 5.02 Å². The Hall–Kier alpha value is -6.15. The summed E-state index contributed by atoms with van der Waals surface area (Å²) in [5.74, 6) is -1.10. The maximum absolute atomic E-state index is 13.3. The molecular weight excluding hydrogens is 958 g/mol. The molecule has 3 aromatic carbocycles. The van der Waals surface area contributed by atoms with Crippen LogP contribution >= 0.6 is 11.6 Å². The SMILES string of the molecule is COc1cc(N2CCC(N3CCN(CCCCCCCCCCC(=O)Nc4cccc5c4C(=O)N(C4CCC(=O)NC4=O)C5=O)CC3)CC2)ccc1Nc1ncc(Cl)c(Nc2ccccc2N(C)S(C)=O)n1. The first kappa shape index (κ1) is 52.2. The number of nitrogens with zero attached hydrogens (tertiary/aromatic N) is 7. The number of methoxy groups -OCH3 is 1. The Morgan fingerprint density at radius 1 is 0.833 bits per heavy atom. The van der Waals surface area contributed by atoms with Crippen LogP contribution in [0.1, 0.15) is 104 Å². The minimum Gasteiger partial charge on any atom is -0.494 e. The van der Waals surface area contributed by atoms with Crippen LogP contribution in [0.25, 0.3) is 0 Å². The second kappa shape index (κ2) is 24.5. The summed E-state index contributed by atoms with van der Waals surface area (Å²) in [6.45, 7) is 7.55. The van der Waals surface area contributed by atoms with Crippen molar-refractivity contribution < 1.29 is 32.9 Å². The fraction of sp³-hybridized carbons (Fsp3) is 0.481. The van der Waals surface area contributed by atoms with E-state index >= 15 is 0 Å². The fourth-order valence-corrected chi connectivity index (χ4v) is 10.7. The molecule has 3 saturated heterocycles. The molecule has 0 aliphatic carbocycles. The number of unbranched alkanes of at least 4 members (excludes halogenated alkanes) is 7. The van der Waals surface area contributed by atoms with Gasteiger partial charge in [0.15, 0.2) is 5.82 Å². The average molecular weight is 1020 g/mol. The van der Waals surface area contributed by atoms with Crippen LogP contribution in [0.4, 0.5) is 40.2 Å². The van der Waals surface area contributed by atoms with Crippen LogP contribution in [0.5, 0.6) is 5.75 Å². The van der Waals surface area contributed by atoms with Gasteiger partial charge in [-0.15, -0.1) is 0 Å². The highest BCUT2D eigenvalue weighted by Gasteiger charge is 2.45. The lowest BCUT2D eigenvalue weighted by atomic mass is 10.0. The van der Waals surface area contributed by atoms with E-state index in [9.17, 15) is 28.2 Å². The Kier molecular flexibility index (Phi) is 17.8. The number of fused-ring (bicyclic) bond motifs is 1. The Balaban J connectivity index is 0.681. The monoisotopic (exact) mass is 1020 g/mol. The van der Waals surface area contributed by atoms with E-state index in [4.69, 9.17) is 16.3 Å². The predicted molar refractivity (Wildman–Crippen MR) is 282 cm³/mol. The van der Waals surface area contributed by atoms with Gasteiger partial charge in [-0.05, 0) is 75.0 Å². The number of hydrogen-bond acceptors (Lipinski definition) is 14. The number of piperidine rings is 2. The molecule has 4 N–H and O–H groups in total. The maximum atomic E-state index is 13.3. The van der Waals surface area contributed by atoms with Crippen molar-refractivity contribution in [2.75, 3.05) is 91.4 Å². The van der Waals surface area contributed by atoms with Gasteiger partial charge < -0.3 is 30.5 Å². The molecule has 384 valence electrons. The zero-order valence-electron chi connectivity index (χ0n) is 41.4. The van der Waals surface area contributed by atoms with Gasteiger partial charge >= 0.3 is 0 Å². The third-order valence-corrected chi connectivity index (χ3v) is 15.4. The Morgan fingerprint density at radius 2 is 1.54 bits per heavy atom. The summed E-state index contributed by atoms with van der Waals surface area (Å²) in [4.78, 5) is 81.1. The van der Waals surface area contributed by atoms with Crippen LogP contribution < -0.4 is 35.2 Å². The number of anilines is 7. The third-order valence-electron chi connectivity index (χ3n) is 14.2. The van der Waals surface area contributed by atoms with Gasteiger partial charge in [-0.1, -0.05) is 68.3 Å². The number of carbonyl (C=O) groups is 5. The van der Waals surface area contributed by atoms with Crippen molar-refractivity contribution >= 4 is 92.3 Å². The van der Waals surface area contributed by atoms with Gasteiger partial charge in [-0.2, -0.15) is 4.98 Å². The number of para-hydroxylation sites is 2. The van der Waals surface area contributed by atoms with Crippen LogP contribution in [0.3, 0.4) is 0 Å². The average Bonchev–Trinajstić information content (AvgIpc) is 3.64. The molecule has 1 aromatic heterocycles. The van der Waals surface area contributed by atoms with Gasteiger partial charge in [0.1, 0.15) is 27.8 Å². The summed E-state index contributed by atoms with van der Waals surface area (Å²) in [5, 5.41) is 11.9. The van der Waals surface area contributed by atoms with Gasteiger partial charge in [-0.3, -0.25) is 43.4 Å². The van der Waals surface area contributed by atoms with Crippen LogP contribution in [-0.2, 0) is 25.4 Å². The lowest BCUT2D eigenvalue weighted by Gasteiger charge is -2.43. The molecule has 18 nitrogen and oxygen atoms in total. The zero-order chi connectivity index (χ0) is 50.7. The van der Waals surface area contributed by atoms with Crippen LogP contribution in [-0.4, -0.2) is 137 Å². The van der Waals surface area contributed by atoms with Gasteiger partial charge in [0, 0.05) is 83.2 Å². The topological polar surface area (TPSA) is 202 Å². The van der Waals surface area contributed by atoms with E-state index in [1.807, 2.05) is 30.3 Å². The number of amides is 5. The molecule has 0 radical (unpaired) electrons. The number of imide groups is 2. The number of hydrogen-bond donors (Lipinski definition) is 4. The quantitative estimate of drug-likeness (QED) is 0.0446. The Morgan fingerprint density at radius 3 is 2.26 bits per heavy atom. The summed E-state index contributed by atoms with van der Waals surface area (Å²) in [6, 6.07) is 18.0. The van der Waals surface area contributed by atoms with Gasteiger partial charge in [0.25, 0.3) is 11.8 Å². The Bertz CT molecular complexity index is 2640. The Labute approximate surface area is 429 Å². The minimum absolute atomic E-state index is 0.0428. The fourth-order valence-electron chi connectivity index (χ4n) is 10.1. The van der Waals surface area contributed by atoms with Crippen molar-refractivity contribution in [3.05, 3.63) is 83.0 Å². The summed E-state index contributed by atoms with van der Waals surface area (Å²) in [5.41, 5.74) is 3.80. The number of piperazine rings is 1. The molecule has 4 aromatic rings. The number of ether oxygens (including phenoxy) is 1. The van der Waals surface area contributed by atoms with Crippen molar-refractivity contribution in [3.63, 3.8) is 0 Å². The number of nitrogens with one attached hydrogen (secondary N) is 4. The summed E-state index contributed by atoms with van der Waals surface area (Å²) >= 11 is 6.52. The highest BCUT2D eigenvalue weighted by molar-refractivity contribution is 7.85. The predicted octanol–water partition coefficient (Wildman–Crippen LogP) is 7.49. The first-order chi connectivity index (χ1) is 34.9. The molecule has 8 rings (SSSR count). The molecule has 4 aliphatic heterocycles. The number of aromatic nitrogens is 2. The van der Waals surface area contributed by atoms with E-state index < -0.39 is 40.7 Å². The molecule has 2 atom stereocenters. The number of halogens is 1. The number of benzene rings is 3. The molecule has 5 heterocycles. The molecule has 72 heavy (non-hydrogen) atoms. The largest absolute Gasteiger partial charge is 0.494 e. The standard InChI is InChI=1S/C52H66ClN11O7S/c1-60(72(3)70)42-18-12-11-16-39(42)56-48-38(53)34-54-52(59-48)57-40-21-20-36(33-44(40)71-2)62-27-24-35(25-28-62)63-31-29-61(30-32-63)26-13-9-7-5-4-6-8-10-19-45(65)55-41-17-14-15-37-47(41)51(69)64(50(37)68)43-22-23-46(66)58-49(43)67/h11-12,14-18,20-21,33-35,43H,4-10,13,19,22-32H2,1-3H3,(H,55,65)(H,58,66,67)(H2,54,56,57,59). The highest BCUT2D eigenvalue weighted by Crippen LogP contribution is 2.36. The van der Waals surface area contributed by atoms with Crippen molar-refractivity contribution in [2.24, 2.45) is 0 Å². The molecule has 0 saturated carbocycles. The van der Waals surface area contributed by atoms with E-state index in [1.165, 1.54) is 31.7 Å². The van der Waals surface area contributed by atoms with Gasteiger partial charge in [0.2, 0.25) is 23.7 Å². The molecular formula is C52H66ClN11O7S. The molecule has 0 bridgehead atoms. The molecule has 4 aliphatic rings. The van der Waals surface area contributed by atoms with Crippen LogP contribution in [0.15, 0.2) is 66.9 Å². The van der Waals surface area contributed by atoms with Crippen molar-refractivity contribution in [3.8, 4) is 5.75 Å². The zero-order valence-corrected chi connectivity index (χ0v) is 43.0. The molecule has 5 amide bonds. The van der Waals surface area contributed by atoms with Crippen LogP contribution in [0, 0.1) is 0 Å². The third kappa shape index (κ3) is 12.7. The van der Waals surface area contributed by atoms with E-state index in [2.05, 4.69) is 58.1 Å². The number of rotatable bonds is 22. The van der Waals surface area contributed by atoms with Gasteiger partial charge in [0.05, 0.1) is 47.2 Å². The highest BCUT2D eigenvalue weighted by atomic mass is 35.5. The molecule has 3 fully saturated rings.